The quantitative estimate of drug-likeness (QED) is 0.789. The van der Waals surface area contributed by atoms with Gasteiger partial charge in [-0.3, -0.25) is 10.1 Å². The molecule has 3 aromatic rings. The molecule has 0 bridgehead atoms. The molecule has 0 atom stereocenters. The summed E-state index contributed by atoms with van der Waals surface area (Å²) < 4.78 is 39.4. The molecule has 3 rings (SSSR count). The highest BCUT2D eigenvalue weighted by molar-refractivity contribution is 7.10. The fourth-order valence-corrected chi connectivity index (χ4v) is 2.83. The van der Waals surface area contributed by atoms with E-state index in [0.29, 0.717) is 23.4 Å². The first-order chi connectivity index (χ1) is 10.9. The van der Waals surface area contributed by atoms with Gasteiger partial charge in [-0.25, -0.2) is 9.97 Å². The first-order valence-electron chi connectivity index (χ1n) is 6.69. The Bertz CT molecular complexity index is 868. The van der Waals surface area contributed by atoms with Gasteiger partial charge in [0, 0.05) is 11.9 Å². The zero-order valence-electron chi connectivity index (χ0n) is 11.9. The molecule has 23 heavy (non-hydrogen) atoms. The van der Waals surface area contributed by atoms with E-state index < -0.39 is 17.1 Å². The van der Waals surface area contributed by atoms with Gasteiger partial charge in [0.15, 0.2) is 5.01 Å². The van der Waals surface area contributed by atoms with Crippen molar-refractivity contribution in [2.75, 3.05) is 5.32 Å². The maximum absolute atomic E-state index is 12.5. The average Bonchev–Trinajstić information content (AvgIpc) is 3.11. The number of nitrogens with one attached hydrogen (secondary N) is 1. The number of nitrogens with zero attached hydrogens (tertiary/aromatic N) is 3. The van der Waals surface area contributed by atoms with E-state index in [1.807, 2.05) is 25.1 Å². The number of rotatable bonds is 3. The van der Waals surface area contributed by atoms with Crippen molar-refractivity contribution in [3.05, 3.63) is 40.3 Å². The molecule has 120 valence electrons. The zero-order valence-corrected chi connectivity index (χ0v) is 12.7. The lowest BCUT2D eigenvalue weighted by Gasteiger charge is -2.06. The van der Waals surface area contributed by atoms with Crippen molar-refractivity contribution in [3.63, 3.8) is 0 Å². The van der Waals surface area contributed by atoms with Crippen molar-refractivity contribution in [3.8, 4) is 0 Å². The lowest BCUT2D eigenvalue weighted by atomic mass is 10.3. The second-order valence-corrected chi connectivity index (χ2v) is 5.52. The van der Waals surface area contributed by atoms with Crippen LogP contribution in [0.3, 0.4) is 0 Å². The van der Waals surface area contributed by atoms with E-state index in [-0.39, 0.29) is 11.6 Å². The summed E-state index contributed by atoms with van der Waals surface area (Å²) in [7, 11) is 0. The first kappa shape index (κ1) is 15.5. The molecule has 5 nitrogen and oxygen atoms in total. The fraction of sp³-hybridized carbons (Fsp3) is 0.214. The number of carbonyl (C=O) groups is 1. The maximum Gasteiger partial charge on any atom is 0.443 e. The number of thiazole rings is 1. The monoisotopic (exact) mass is 340 g/mol. The number of para-hydroxylation sites is 2. The zero-order chi connectivity index (χ0) is 16.6. The van der Waals surface area contributed by atoms with Gasteiger partial charge in [-0.2, -0.15) is 13.2 Å². The Balaban J connectivity index is 1.90. The second kappa shape index (κ2) is 5.65. The Hall–Kier alpha value is -2.42. The minimum absolute atomic E-state index is 0.278. The van der Waals surface area contributed by atoms with E-state index in [1.54, 1.807) is 10.6 Å². The van der Waals surface area contributed by atoms with Gasteiger partial charge >= 0.3 is 6.18 Å². The molecule has 0 fully saturated rings. The van der Waals surface area contributed by atoms with Crippen molar-refractivity contribution in [1.82, 2.24) is 14.5 Å². The standard InChI is InChI=1S/C14H11F3N4OS/c1-2-21-10-6-4-3-5-8(10)19-13(21)20-11(22)9-7-23-12(18-9)14(15,16)17/h3-7H,2H2,1H3,(H,19,20,22). The summed E-state index contributed by atoms with van der Waals surface area (Å²) in [5, 5.41) is 2.55. The Morgan fingerprint density at radius 1 is 1.30 bits per heavy atom. The van der Waals surface area contributed by atoms with Crippen LogP contribution in [-0.2, 0) is 12.7 Å². The van der Waals surface area contributed by atoms with Crippen LogP contribution in [0.5, 0.6) is 0 Å². The van der Waals surface area contributed by atoms with E-state index in [4.69, 9.17) is 0 Å². The SMILES string of the molecule is CCn1c(NC(=O)c2csc(C(F)(F)F)n2)nc2ccccc21. The number of amides is 1. The van der Waals surface area contributed by atoms with Gasteiger partial charge in [0.05, 0.1) is 11.0 Å². The lowest BCUT2D eigenvalue weighted by Crippen LogP contribution is -2.16. The summed E-state index contributed by atoms with van der Waals surface area (Å²) >= 11 is 0.386. The van der Waals surface area contributed by atoms with Crippen LogP contribution in [-0.4, -0.2) is 20.4 Å². The van der Waals surface area contributed by atoms with Crippen LogP contribution in [0.2, 0.25) is 0 Å². The molecule has 2 heterocycles. The minimum atomic E-state index is -4.56. The summed E-state index contributed by atoms with van der Waals surface area (Å²) in [6, 6.07) is 7.31. The number of alkyl halides is 3. The molecule has 0 radical (unpaired) electrons. The minimum Gasteiger partial charge on any atom is -0.310 e. The number of imidazole rings is 1. The molecular weight excluding hydrogens is 329 g/mol. The summed E-state index contributed by atoms with van der Waals surface area (Å²) in [5.74, 6) is -0.443. The molecule has 0 aliphatic heterocycles. The van der Waals surface area contributed by atoms with E-state index in [1.165, 1.54) is 0 Å². The smallest absolute Gasteiger partial charge is 0.310 e. The highest BCUT2D eigenvalue weighted by atomic mass is 32.1. The van der Waals surface area contributed by atoms with E-state index in [0.717, 1.165) is 10.9 Å². The predicted octanol–water partition coefficient (Wildman–Crippen LogP) is 3.78. The van der Waals surface area contributed by atoms with Crippen LogP contribution in [0.15, 0.2) is 29.6 Å². The molecular formula is C14H11F3N4OS. The number of benzene rings is 1. The number of aromatic nitrogens is 3. The molecule has 9 heteroatoms. The lowest BCUT2D eigenvalue weighted by molar-refractivity contribution is -0.137. The topological polar surface area (TPSA) is 59.8 Å². The van der Waals surface area contributed by atoms with Crippen molar-refractivity contribution < 1.29 is 18.0 Å². The Kier molecular flexibility index (Phi) is 3.80. The molecule has 0 unspecified atom stereocenters. The summed E-state index contributed by atoms with van der Waals surface area (Å²) in [4.78, 5) is 19.7. The number of hydrogen-bond acceptors (Lipinski definition) is 4. The number of carbonyl (C=O) groups excluding carboxylic acids is 1. The molecule has 0 aliphatic rings. The highest BCUT2D eigenvalue weighted by Crippen LogP contribution is 2.31. The van der Waals surface area contributed by atoms with Gasteiger partial charge < -0.3 is 4.57 Å². The molecule has 2 aromatic heterocycles. The van der Waals surface area contributed by atoms with Gasteiger partial charge in [0.25, 0.3) is 5.91 Å². The molecule has 1 N–H and O–H groups in total. The van der Waals surface area contributed by atoms with Crippen molar-refractivity contribution >= 4 is 34.2 Å². The van der Waals surface area contributed by atoms with Crippen LogP contribution >= 0.6 is 11.3 Å². The van der Waals surface area contributed by atoms with Crippen molar-refractivity contribution in [2.24, 2.45) is 0 Å². The number of fused-ring (bicyclic) bond motifs is 1. The third kappa shape index (κ3) is 2.91. The summed E-state index contributed by atoms with van der Waals surface area (Å²) in [5.41, 5.74) is 1.25. The third-order valence-electron chi connectivity index (χ3n) is 3.18. The van der Waals surface area contributed by atoms with Crippen LogP contribution < -0.4 is 5.32 Å². The normalized spacial score (nSPS) is 11.8. The number of anilines is 1. The second-order valence-electron chi connectivity index (χ2n) is 4.66. The molecule has 0 saturated carbocycles. The maximum atomic E-state index is 12.5. The number of aryl methyl sites for hydroxylation is 1. The molecule has 0 aliphatic carbocycles. The Morgan fingerprint density at radius 3 is 2.70 bits per heavy atom. The molecule has 1 aromatic carbocycles. The van der Waals surface area contributed by atoms with E-state index >= 15 is 0 Å². The van der Waals surface area contributed by atoms with Crippen LogP contribution in [0.25, 0.3) is 11.0 Å². The van der Waals surface area contributed by atoms with Gasteiger partial charge in [0.1, 0.15) is 5.69 Å². The largest absolute Gasteiger partial charge is 0.443 e. The molecule has 0 spiro atoms. The highest BCUT2D eigenvalue weighted by Gasteiger charge is 2.35. The number of hydrogen-bond donors (Lipinski definition) is 1. The average molecular weight is 340 g/mol. The van der Waals surface area contributed by atoms with Gasteiger partial charge in [-0.1, -0.05) is 12.1 Å². The molecule has 1 amide bonds. The number of halogens is 3. The van der Waals surface area contributed by atoms with Crippen LogP contribution in [0, 0.1) is 0 Å². The van der Waals surface area contributed by atoms with Gasteiger partial charge in [-0.05, 0) is 19.1 Å². The summed E-state index contributed by atoms with van der Waals surface area (Å²) in [6.45, 7) is 2.44. The predicted molar refractivity (Wildman–Crippen MR) is 80.5 cm³/mol. The Labute approximate surface area is 132 Å². The van der Waals surface area contributed by atoms with Crippen molar-refractivity contribution in [2.45, 2.75) is 19.6 Å². The van der Waals surface area contributed by atoms with Gasteiger partial charge in [0.2, 0.25) is 5.95 Å². The van der Waals surface area contributed by atoms with Gasteiger partial charge in [-0.15, -0.1) is 11.3 Å². The van der Waals surface area contributed by atoms with Crippen molar-refractivity contribution in [1.29, 1.82) is 0 Å². The Morgan fingerprint density at radius 2 is 2.04 bits per heavy atom. The van der Waals surface area contributed by atoms with E-state index in [2.05, 4.69) is 15.3 Å². The third-order valence-corrected chi connectivity index (χ3v) is 4.06. The fourth-order valence-electron chi connectivity index (χ4n) is 2.16. The first-order valence-corrected chi connectivity index (χ1v) is 7.57. The van der Waals surface area contributed by atoms with Crippen LogP contribution in [0.4, 0.5) is 19.1 Å². The molecule has 0 saturated heterocycles. The van der Waals surface area contributed by atoms with Crippen LogP contribution in [0.1, 0.15) is 22.4 Å². The van der Waals surface area contributed by atoms with E-state index in [9.17, 15) is 18.0 Å². The summed E-state index contributed by atoms with van der Waals surface area (Å²) in [6.07, 6.45) is -4.56.